The first-order valence-corrected chi connectivity index (χ1v) is 9.35. The van der Waals surface area contributed by atoms with Gasteiger partial charge in [-0.05, 0) is 37.5 Å². The lowest BCUT2D eigenvalue weighted by molar-refractivity contribution is -0.122. The number of rotatable bonds is 7. The van der Waals surface area contributed by atoms with Crippen LogP contribution in [0.15, 0.2) is 42.7 Å². The molecule has 0 fully saturated rings. The Kier molecular flexibility index (Phi) is 6.65. The van der Waals surface area contributed by atoms with Gasteiger partial charge in [-0.3, -0.25) is 14.7 Å². The average molecular weight is 369 g/mol. The molecule has 144 valence electrons. The van der Waals surface area contributed by atoms with Crippen LogP contribution in [-0.2, 0) is 17.8 Å². The lowest BCUT2D eigenvalue weighted by Gasteiger charge is -2.21. The molecule has 0 saturated carbocycles. The van der Waals surface area contributed by atoms with Crippen LogP contribution in [0, 0.1) is 0 Å². The van der Waals surface area contributed by atoms with Gasteiger partial charge in [-0.1, -0.05) is 12.1 Å². The SMILES string of the molecule is COc1ccc2c(c1)OC(C)CN(CC(=O)NCCCc1cccnc1)C2. The molecule has 1 aliphatic heterocycles. The summed E-state index contributed by atoms with van der Waals surface area (Å²) in [6.07, 6.45) is 5.47. The molecule has 0 spiro atoms. The number of hydrogen-bond acceptors (Lipinski definition) is 5. The third-order valence-electron chi connectivity index (χ3n) is 4.57. The fourth-order valence-corrected chi connectivity index (χ4v) is 3.27. The highest BCUT2D eigenvalue weighted by Crippen LogP contribution is 2.29. The van der Waals surface area contributed by atoms with Crippen molar-refractivity contribution in [1.29, 1.82) is 0 Å². The summed E-state index contributed by atoms with van der Waals surface area (Å²) in [6.45, 7) is 4.45. The summed E-state index contributed by atoms with van der Waals surface area (Å²) in [6, 6.07) is 9.83. The Labute approximate surface area is 160 Å². The molecule has 6 heteroatoms. The zero-order chi connectivity index (χ0) is 19.1. The molecule has 0 radical (unpaired) electrons. The zero-order valence-corrected chi connectivity index (χ0v) is 16.0. The van der Waals surface area contributed by atoms with Crippen LogP contribution in [0.25, 0.3) is 0 Å². The Morgan fingerprint density at radius 1 is 1.41 bits per heavy atom. The van der Waals surface area contributed by atoms with E-state index in [4.69, 9.17) is 9.47 Å². The predicted molar refractivity (Wildman–Crippen MR) is 104 cm³/mol. The number of nitrogens with zero attached hydrogens (tertiary/aromatic N) is 2. The number of amides is 1. The summed E-state index contributed by atoms with van der Waals surface area (Å²) in [7, 11) is 1.65. The van der Waals surface area contributed by atoms with Crippen molar-refractivity contribution in [1.82, 2.24) is 15.2 Å². The molecule has 1 aliphatic rings. The van der Waals surface area contributed by atoms with Gasteiger partial charge in [0.05, 0.1) is 13.7 Å². The minimum atomic E-state index is 0.0109. The van der Waals surface area contributed by atoms with Crippen LogP contribution in [0.5, 0.6) is 11.5 Å². The number of nitrogens with one attached hydrogen (secondary N) is 1. The summed E-state index contributed by atoms with van der Waals surface area (Å²) in [5, 5.41) is 3.02. The van der Waals surface area contributed by atoms with Crippen LogP contribution in [0.3, 0.4) is 0 Å². The number of methoxy groups -OCH3 is 1. The van der Waals surface area contributed by atoms with Gasteiger partial charge in [0.2, 0.25) is 5.91 Å². The zero-order valence-electron chi connectivity index (χ0n) is 16.0. The molecule has 1 aromatic heterocycles. The molecule has 3 rings (SSSR count). The van der Waals surface area contributed by atoms with Crippen molar-refractivity contribution < 1.29 is 14.3 Å². The van der Waals surface area contributed by atoms with Crippen molar-refractivity contribution in [2.24, 2.45) is 0 Å². The third-order valence-corrected chi connectivity index (χ3v) is 4.57. The monoisotopic (exact) mass is 369 g/mol. The quantitative estimate of drug-likeness (QED) is 0.760. The normalized spacial score (nSPS) is 16.7. The Morgan fingerprint density at radius 3 is 3.07 bits per heavy atom. The van der Waals surface area contributed by atoms with Gasteiger partial charge >= 0.3 is 0 Å². The molecule has 2 heterocycles. The van der Waals surface area contributed by atoms with Crippen molar-refractivity contribution >= 4 is 5.91 Å². The van der Waals surface area contributed by atoms with Crippen molar-refractivity contribution in [2.75, 3.05) is 26.7 Å². The van der Waals surface area contributed by atoms with E-state index in [-0.39, 0.29) is 12.0 Å². The van der Waals surface area contributed by atoms with Gasteiger partial charge in [-0.15, -0.1) is 0 Å². The van der Waals surface area contributed by atoms with Crippen molar-refractivity contribution in [2.45, 2.75) is 32.4 Å². The number of pyridine rings is 1. The number of fused-ring (bicyclic) bond motifs is 1. The van der Waals surface area contributed by atoms with Gasteiger partial charge in [0, 0.05) is 43.7 Å². The van der Waals surface area contributed by atoms with Crippen LogP contribution in [-0.4, -0.2) is 48.6 Å². The first-order valence-electron chi connectivity index (χ1n) is 9.35. The van der Waals surface area contributed by atoms with Crippen LogP contribution < -0.4 is 14.8 Å². The summed E-state index contributed by atoms with van der Waals surface area (Å²) in [5.74, 6) is 1.66. The largest absolute Gasteiger partial charge is 0.497 e. The van der Waals surface area contributed by atoms with E-state index in [1.54, 1.807) is 13.3 Å². The van der Waals surface area contributed by atoms with Gasteiger partial charge in [-0.25, -0.2) is 0 Å². The standard InChI is InChI=1S/C21H27N3O3/c1-16-13-24(14-18-7-8-19(26-2)11-20(18)27-16)15-21(25)23-10-4-6-17-5-3-9-22-12-17/h3,5,7-9,11-12,16H,4,6,10,13-15H2,1-2H3,(H,23,25). The van der Waals surface area contributed by atoms with Crippen LogP contribution in [0.1, 0.15) is 24.5 Å². The van der Waals surface area contributed by atoms with Gasteiger partial charge in [0.25, 0.3) is 0 Å². The Balaban J connectivity index is 1.48. The van der Waals surface area contributed by atoms with Crippen LogP contribution >= 0.6 is 0 Å². The molecule has 0 saturated heterocycles. The maximum absolute atomic E-state index is 12.3. The summed E-state index contributed by atoms with van der Waals surface area (Å²) < 4.78 is 11.3. The Bertz CT molecular complexity index is 752. The number of aromatic nitrogens is 1. The summed E-state index contributed by atoms with van der Waals surface area (Å²) >= 11 is 0. The van der Waals surface area contributed by atoms with Gasteiger partial charge in [-0.2, -0.15) is 0 Å². The molecule has 1 atom stereocenters. The Hall–Kier alpha value is -2.60. The van der Waals surface area contributed by atoms with E-state index in [1.807, 2.05) is 37.4 Å². The molecule has 0 bridgehead atoms. The first kappa shape index (κ1) is 19.2. The molecular formula is C21H27N3O3. The van der Waals surface area contributed by atoms with Gasteiger partial charge < -0.3 is 14.8 Å². The minimum Gasteiger partial charge on any atom is -0.497 e. The second-order valence-corrected chi connectivity index (χ2v) is 6.89. The highest BCUT2D eigenvalue weighted by Gasteiger charge is 2.22. The maximum Gasteiger partial charge on any atom is 0.234 e. The molecule has 6 nitrogen and oxygen atoms in total. The number of carbonyl (C=O) groups excluding carboxylic acids is 1. The average Bonchev–Trinajstić information content (AvgIpc) is 2.82. The fourth-order valence-electron chi connectivity index (χ4n) is 3.27. The minimum absolute atomic E-state index is 0.0109. The summed E-state index contributed by atoms with van der Waals surface area (Å²) in [4.78, 5) is 18.6. The summed E-state index contributed by atoms with van der Waals surface area (Å²) in [5.41, 5.74) is 2.27. The molecule has 0 aliphatic carbocycles. The van der Waals surface area contributed by atoms with Gasteiger partial charge in [0.15, 0.2) is 0 Å². The van der Waals surface area contributed by atoms with Crippen molar-refractivity contribution in [3.05, 3.63) is 53.9 Å². The van der Waals surface area contributed by atoms with Crippen LogP contribution in [0.2, 0.25) is 0 Å². The third kappa shape index (κ3) is 5.69. The van der Waals surface area contributed by atoms with E-state index in [0.29, 0.717) is 26.2 Å². The van der Waals surface area contributed by atoms with E-state index in [9.17, 15) is 4.79 Å². The molecule has 27 heavy (non-hydrogen) atoms. The van der Waals surface area contributed by atoms with E-state index < -0.39 is 0 Å². The number of hydrogen-bond donors (Lipinski definition) is 1. The van der Waals surface area contributed by atoms with E-state index in [0.717, 1.165) is 29.9 Å². The fraction of sp³-hybridized carbons (Fsp3) is 0.429. The topological polar surface area (TPSA) is 63.7 Å². The maximum atomic E-state index is 12.3. The number of carbonyl (C=O) groups is 1. The second kappa shape index (κ2) is 9.37. The first-order chi connectivity index (χ1) is 13.1. The Morgan fingerprint density at radius 2 is 2.30 bits per heavy atom. The number of benzene rings is 1. The van der Waals surface area contributed by atoms with Crippen molar-refractivity contribution in [3.63, 3.8) is 0 Å². The lowest BCUT2D eigenvalue weighted by Crippen LogP contribution is -2.40. The van der Waals surface area contributed by atoms with Crippen LogP contribution in [0.4, 0.5) is 0 Å². The predicted octanol–water partition coefficient (Wildman–Crippen LogP) is 2.42. The number of aryl methyl sites for hydroxylation is 1. The highest BCUT2D eigenvalue weighted by molar-refractivity contribution is 5.78. The van der Waals surface area contributed by atoms with Gasteiger partial charge in [0.1, 0.15) is 17.6 Å². The van der Waals surface area contributed by atoms with E-state index >= 15 is 0 Å². The second-order valence-electron chi connectivity index (χ2n) is 6.89. The number of ether oxygens (including phenoxy) is 2. The molecule has 1 aromatic carbocycles. The molecule has 1 unspecified atom stereocenters. The lowest BCUT2D eigenvalue weighted by atomic mass is 10.1. The molecular weight excluding hydrogens is 342 g/mol. The highest BCUT2D eigenvalue weighted by atomic mass is 16.5. The molecule has 1 amide bonds. The molecule has 2 aromatic rings. The van der Waals surface area contributed by atoms with E-state index in [1.165, 1.54) is 5.56 Å². The van der Waals surface area contributed by atoms with Crippen molar-refractivity contribution in [3.8, 4) is 11.5 Å². The van der Waals surface area contributed by atoms with E-state index in [2.05, 4.69) is 21.3 Å². The molecule has 1 N–H and O–H groups in total. The smallest absolute Gasteiger partial charge is 0.234 e.